The molecule has 22 heavy (non-hydrogen) atoms. The first-order chi connectivity index (χ1) is 10.6. The third kappa shape index (κ3) is 3.24. The Morgan fingerprint density at radius 2 is 2.23 bits per heavy atom. The number of carbonyl (C=O) groups excluding carboxylic acids is 1. The van der Waals surface area contributed by atoms with E-state index in [9.17, 15) is 4.79 Å². The summed E-state index contributed by atoms with van der Waals surface area (Å²) < 4.78 is 6.66. The lowest BCUT2D eigenvalue weighted by Gasteiger charge is -2.16. The van der Waals surface area contributed by atoms with Crippen LogP contribution in [0.15, 0.2) is 35.2 Å². The number of aromatic nitrogens is 3. The van der Waals surface area contributed by atoms with Crippen LogP contribution in [-0.2, 0) is 0 Å². The van der Waals surface area contributed by atoms with E-state index in [0.717, 1.165) is 16.6 Å². The highest BCUT2D eigenvalue weighted by Gasteiger charge is 2.29. The average molecular weight is 363 g/mol. The van der Waals surface area contributed by atoms with Gasteiger partial charge in [-0.3, -0.25) is 9.78 Å². The molecule has 1 aliphatic heterocycles. The molecule has 114 valence electrons. The van der Waals surface area contributed by atoms with E-state index in [2.05, 4.69) is 30.9 Å². The van der Waals surface area contributed by atoms with Crippen molar-refractivity contribution in [3.05, 3.63) is 46.6 Å². The van der Waals surface area contributed by atoms with E-state index >= 15 is 0 Å². The monoisotopic (exact) mass is 362 g/mol. The predicted molar refractivity (Wildman–Crippen MR) is 83.6 cm³/mol. The SMILES string of the molecule is Cc1cnc(C(=O)N2CCC(Oc3ncccc3Br)C2)cn1. The van der Waals surface area contributed by atoms with Gasteiger partial charge < -0.3 is 9.64 Å². The van der Waals surface area contributed by atoms with Crippen LogP contribution in [0.4, 0.5) is 0 Å². The molecular weight excluding hydrogens is 348 g/mol. The first kappa shape index (κ1) is 14.9. The normalized spacial score (nSPS) is 17.5. The smallest absolute Gasteiger partial charge is 0.274 e. The molecule has 0 bridgehead atoms. The zero-order chi connectivity index (χ0) is 15.5. The first-order valence-electron chi connectivity index (χ1n) is 6.98. The summed E-state index contributed by atoms with van der Waals surface area (Å²) in [5.74, 6) is 0.440. The van der Waals surface area contributed by atoms with E-state index in [1.165, 1.54) is 6.20 Å². The fourth-order valence-electron chi connectivity index (χ4n) is 2.29. The minimum Gasteiger partial charge on any atom is -0.472 e. The van der Waals surface area contributed by atoms with Crippen molar-refractivity contribution in [2.75, 3.05) is 13.1 Å². The van der Waals surface area contributed by atoms with Gasteiger partial charge in [0, 0.05) is 25.4 Å². The van der Waals surface area contributed by atoms with Crippen LogP contribution in [0, 0.1) is 6.92 Å². The van der Waals surface area contributed by atoms with Gasteiger partial charge in [0.05, 0.1) is 22.9 Å². The number of carbonyl (C=O) groups is 1. The summed E-state index contributed by atoms with van der Waals surface area (Å²) in [5, 5.41) is 0. The molecule has 3 heterocycles. The fraction of sp³-hybridized carbons (Fsp3) is 0.333. The Hall–Kier alpha value is -2.02. The number of ether oxygens (including phenoxy) is 1. The molecule has 0 radical (unpaired) electrons. The number of hydrogen-bond donors (Lipinski definition) is 0. The van der Waals surface area contributed by atoms with E-state index in [0.29, 0.717) is 24.7 Å². The van der Waals surface area contributed by atoms with Crippen LogP contribution in [0.5, 0.6) is 5.88 Å². The molecule has 0 aliphatic carbocycles. The van der Waals surface area contributed by atoms with Crippen molar-refractivity contribution in [1.82, 2.24) is 19.9 Å². The molecule has 1 aliphatic rings. The third-order valence-corrected chi connectivity index (χ3v) is 4.04. The molecule has 2 aromatic heterocycles. The molecular formula is C15H15BrN4O2. The molecule has 3 rings (SSSR count). The summed E-state index contributed by atoms with van der Waals surface area (Å²) in [6, 6.07) is 3.71. The quantitative estimate of drug-likeness (QED) is 0.837. The summed E-state index contributed by atoms with van der Waals surface area (Å²) in [5.41, 5.74) is 1.16. The second-order valence-corrected chi connectivity index (χ2v) is 5.97. The Morgan fingerprint density at radius 1 is 1.36 bits per heavy atom. The number of halogens is 1. The zero-order valence-corrected chi connectivity index (χ0v) is 13.7. The summed E-state index contributed by atoms with van der Waals surface area (Å²) in [6.07, 6.45) is 5.51. The minimum absolute atomic E-state index is 0.0615. The molecule has 0 saturated carbocycles. The van der Waals surface area contributed by atoms with E-state index in [1.807, 2.05) is 19.1 Å². The van der Waals surface area contributed by atoms with Gasteiger partial charge in [0.1, 0.15) is 11.8 Å². The lowest BCUT2D eigenvalue weighted by Crippen LogP contribution is -2.31. The van der Waals surface area contributed by atoms with Crippen molar-refractivity contribution >= 4 is 21.8 Å². The number of rotatable bonds is 3. The van der Waals surface area contributed by atoms with Crippen LogP contribution < -0.4 is 4.74 Å². The minimum atomic E-state index is -0.112. The third-order valence-electron chi connectivity index (χ3n) is 3.44. The Balaban J connectivity index is 1.63. The van der Waals surface area contributed by atoms with Crippen LogP contribution in [-0.4, -0.2) is 45.0 Å². The summed E-state index contributed by atoms with van der Waals surface area (Å²) in [7, 11) is 0. The number of amides is 1. The molecule has 1 fully saturated rings. The van der Waals surface area contributed by atoms with Crippen molar-refractivity contribution in [2.45, 2.75) is 19.4 Å². The van der Waals surface area contributed by atoms with Crippen molar-refractivity contribution < 1.29 is 9.53 Å². The standard InChI is InChI=1S/C15H15BrN4O2/c1-10-7-19-13(8-18-10)15(21)20-6-4-11(9-20)22-14-12(16)3-2-5-17-14/h2-3,5,7-8,11H,4,6,9H2,1H3. The maximum atomic E-state index is 12.4. The molecule has 7 heteroatoms. The van der Waals surface area contributed by atoms with Crippen LogP contribution in [0.25, 0.3) is 0 Å². The van der Waals surface area contributed by atoms with E-state index in [4.69, 9.17) is 4.74 Å². The number of nitrogens with zero attached hydrogens (tertiary/aromatic N) is 4. The first-order valence-corrected chi connectivity index (χ1v) is 7.78. The highest BCUT2D eigenvalue weighted by molar-refractivity contribution is 9.10. The summed E-state index contributed by atoms with van der Waals surface area (Å²) >= 11 is 3.40. The lowest BCUT2D eigenvalue weighted by molar-refractivity contribution is 0.0764. The van der Waals surface area contributed by atoms with Crippen molar-refractivity contribution in [3.8, 4) is 5.88 Å². The molecule has 1 saturated heterocycles. The molecule has 2 aromatic rings. The maximum absolute atomic E-state index is 12.4. The Labute approximate surface area is 136 Å². The number of likely N-dealkylation sites (tertiary alicyclic amines) is 1. The molecule has 0 N–H and O–H groups in total. The van der Waals surface area contributed by atoms with Gasteiger partial charge in [-0.2, -0.15) is 0 Å². The van der Waals surface area contributed by atoms with Crippen molar-refractivity contribution in [1.29, 1.82) is 0 Å². The molecule has 1 amide bonds. The lowest BCUT2D eigenvalue weighted by atomic mass is 10.3. The predicted octanol–water partition coefficient (Wildman–Crippen LogP) is 2.24. The topological polar surface area (TPSA) is 68.2 Å². The second kappa shape index (κ2) is 6.39. The summed E-state index contributed by atoms with van der Waals surface area (Å²) in [6.45, 7) is 3.01. The van der Waals surface area contributed by atoms with Crippen LogP contribution >= 0.6 is 15.9 Å². The van der Waals surface area contributed by atoms with Gasteiger partial charge in [-0.25, -0.2) is 9.97 Å². The largest absolute Gasteiger partial charge is 0.472 e. The average Bonchev–Trinajstić information content (AvgIpc) is 2.98. The zero-order valence-electron chi connectivity index (χ0n) is 12.1. The number of hydrogen-bond acceptors (Lipinski definition) is 5. The summed E-state index contributed by atoms with van der Waals surface area (Å²) in [4.78, 5) is 26.5. The van der Waals surface area contributed by atoms with E-state index in [1.54, 1.807) is 17.3 Å². The van der Waals surface area contributed by atoms with Gasteiger partial charge >= 0.3 is 0 Å². The van der Waals surface area contributed by atoms with Crippen molar-refractivity contribution in [3.63, 3.8) is 0 Å². The van der Waals surface area contributed by atoms with Gasteiger partial charge in [-0.1, -0.05) is 0 Å². The second-order valence-electron chi connectivity index (χ2n) is 5.11. The molecule has 0 spiro atoms. The number of pyridine rings is 1. The maximum Gasteiger partial charge on any atom is 0.274 e. The van der Waals surface area contributed by atoms with Crippen LogP contribution in [0.1, 0.15) is 22.6 Å². The van der Waals surface area contributed by atoms with E-state index in [-0.39, 0.29) is 12.0 Å². The Morgan fingerprint density at radius 3 is 2.95 bits per heavy atom. The molecule has 0 aromatic carbocycles. The molecule has 1 unspecified atom stereocenters. The Bertz CT molecular complexity index is 677. The van der Waals surface area contributed by atoms with Gasteiger partial charge in [0.15, 0.2) is 0 Å². The fourth-order valence-corrected chi connectivity index (χ4v) is 2.64. The molecule has 6 nitrogen and oxygen atoms in total. The molecule has 1 atom stereocenters. The van der Waals surface area contributed by atoms with Gasteiger partial charge in [-0.05, 0) is 35.0 Å². The van der Waals surface area contributed by atoms with Gasteiger partial charge in [0.2, 0.25) is 5.88 Å². The number of aryl methyl sites for hydroxylation is 1. The van der Waals surface area contributed by atoms with Crippen LogP contribution in [0.3, 0.4) is 0 Å². The Kier molecular flexibility index (Phi) is 4.33. The van der Waals surface area contributed by atoms with Crippen molar-refractivity contribution in [2.24, 2.45) is 0 Å². The van der Waals surface area contributed by atoms with Gasteiger partial charge in [0.25, 0.3) is 5.91 Å². The highest BCUT2D eigenvalue weighted by Crippen LogP contribution is 2.24. The van der Waals surface area contributed by atoms with Gasteiger partial charge in [-0.15, -0.1) is 0 Å². The highest BCUT2D eigenvalue weighted by atomic mass is 79.9. The van der Waals surface area contributed by atoms with Crippen LogP contribution in [0.2, 0.25) is 0 Å². The van der Waals surface area contributed by atoms with E-state index < -0.39 is 0 Å².